The third-order valence-corrected chi connectivity index (χ3v) is 4.57. The van der Waals surface area contributed by atoms with Crippen molar-refractivity contribution in [2.45, 2.75) is 26.2 Å². The molecule has 11 nitrogen and oxygen atoms in total. The second kappa shape index (κ2) is 10.8. The number of nitrogens with one attached hydrogen (secondary N) is 2. The van der Waals surface area contributed by atoms with Crippen LogP contribution in [0.15, 0.2) is 47.3 Å². The number of fused-ring (bicyclic) bond motifs is 1. The van der Waals surface area contributed by atoms with E-state index < -0.39 is 23.4 Å². The van der Waals surface area contributed by atoms with Crippen molar-refractivity contribution in [1.82, 2.24) is 9.97 Å². The normalized spacial score (nSPS) is 10.6. The van der Waals surface area contributed by atoms with Crippen molar-refractivity contribution in [2.24, 2.45) is 0 Å². The van der Waals surface area contributed by atoms with Gasteiger partial charge in [-0.3, -0.25) is 24.5 Å². The first-order valence-corrected chi connectivity index (χ1v) is 10.2. The molecule has 2 aromatic carbocycles. The molecule has 1 heterocycles. The summed E-state index contributed by atoms with van der Waals surface area (Å²) in [6.45, 7) is 1.49. The number of hydrogen-bond acceptors (Lipinski definition) is 8. The van der Waals surface area contributed by atoms with E-state index in [9.17, 15) is 24.5 Å². The van der Waals surface area contributed by atoms with Gasteiger partial charge in [0, 0.05) is 12.8 Å². The van der Waals surface area contributed by atoms with Crippen molar-refractivity contribution in [3.63, 3.8) is 0 Å². The number of ether oxygens (including phenoxy) is 2. The summed E-state index contributed by atoms with van der Waals surface area (Å²) in [4.78, 5) is 53.7. The van der Waals surface area contributed by atoms with Gasteiger partial charge in [-0.1, -0.05) is 12.1 Å². The predicted octanol–water partition coefficient (Wildman–Crippen LogP) is 2.73. The maximum atomic E-state index is 12.1. The van der Waals surface area contributed by atoms with Crippen molar-refractivity contribution in [3.8, 4) is 5.75 Å². The molecule has 0 spiro atoms. The van der Waals surface area contributed by atoms with Gasteiger partial charge in [0.1, 0.15) is 17.3 Å². The van der Waals surface area contributed by atoms with Crippen molar-refractivity contribution in [1.29, 1.82) is 0 Å². The van der Waals surface area contributed by atoms with Crippen LogP contribution >= 0.6 is 0 Å². The van der Waals surface area contributed by atoms with Crippen molar-refractivity contribution in [2.75, 3.05) is 18.5 Å². The molecule has 0 radical (unpaired) electrons. The minimum atomic E-state index is -0.712. The molecular formula is C22H22N4O7. The number of carbonyl (C=O) groups is 2. The Bertz CT molecular complexity index is 1240. The Morgan fingerprint density at radius 1 is 1.21 bits per heavy atom. The van der Waals surface area contributed by atoms with Gasteiger partial charge in [0.25, 0.3) is 17.2 Å². The summed E-state index contributed by atoms with van der Waals surface area (Å²) in [6.07, 6.45) is 0.707. The molecule has 3 rings (SSSR count). The van der Waals surface area contributed by atoms with Crippen LogP contribution in [-0.2, 0) is 20.7 Å². The Labute approximate surface area is 187 Å². The van der Waals surface area contributed by atoms with Gasteiger partial charge in [-0.05, 0) is 37.6 Å². The van der Waals surface area contributed by atoms with Crippen molar-refractivity contribution in [3.05, 3.63) is 68.8 Å². The first-order chi connectivity index (χ1) is 15.9. The van der Waals surface area contributed by atoms with Gasteiger partial charge in [-0.15, -0.1) is 0 Å². The molecule has 0 fully saturated rings. The second-order valence-corrected chi connectivity index (χ2v) is 6.96. The molecule has 2 N–H and O–H groups in total. The average Bonchev–Trinajstić information content (AvgIpc) is 2.79. The van der Waals surface area contributed by atoms with Crippen LogP contribution in [0.25, 0.3) is 10.9 Å². The molecule has 0 atom stereocenters. The van der Waals surface area contributed by atoms with Gasteiger partial charge in [0.15, 0.2) is 6.61 Å². The fourth-order valence-corrected chi connectivity index (χ4v) is 3.08. The molecule has 1 aromatic heterocycles. The fraction of sp³-hybridized carbons (Fsp3) is 0.273. The fourth-order valence-electron chi connectivity index (χ4n) is 3.08. The molecule has 11 heteroatoms. The van der Waals surface area contributed by atoms with Gasteiger partial charge in [-0.2, -0.15) is 0 Å². The average molecular weight is 454 g/mol. The Morgan fingerprint density at radius 3 is 2.76 bits per heavy atom. The number of amides is 1. The summed E-state index contributed by atoms with van der Waals surface area (Å²) in [5.74, 6) is -0.575. The molecule has 172 valence electrons. The SMILES string of the molecule is CCOc1ccc(NC(=O)COC(=O)CCCc2nc3ccccc3c(=O)[nH]2)c([N+](=O)[O-])c1. The zero-order valence-corrected chi connectivity index (χ0v) is 17.8. The number of aromatic nitrogens is 2. The largest absolute Gasteiger partial charge is 0.494 e. The first kappa shape index (κ1) is 23.4. The highest BCUT2D eigenvalue weighted by Gasteiger charge is 2.18. The predicted molar refractivity (Wildman–Crippen MR) is 119 cm³/mol. The number of carbonyl (C=O) groups excluding carboxylic acids is 2. The van der Waals surface area contributed by atoms with E-state index in [1.54, 1.807) is 31.2 Å². The van der Waals surface area contributed by atoms with Gasteiger partial charge in [-0.25, -0.2) is 4.98 Å². The van der Waals surface area contributed by atoms with Crippen LogP contribution < -0.4 is 15.6 Å². The van der Waals surface area contributed by atoms with Crippen LogP contribution in [-0.4, -0.2) is 40.0 Å². The standard InChI is InChI=1S/C22H22N4O7/c1-2-32-14-10-11-17(18(12-14)26(30)31)24-20(27)13-33-21(28)9-5-8-19-23-16-7-4-3-6-15(16)22(29)25-19/h3-4,6-7,10-12H,2,5,8-9,13H2,1H3,(H,24,27)(H,23,25,29). The molecule has 0 aliphatic rings. The van der Waals surface area contributed by atoms with Crippen LogP contribution in [0.5, 0.6) is 5.75 Å². The summed E-state index contributed by atoms with van der Waals surface area (Å²) in [6, 6.07) is 11.0. The second-order valence-electron chi connectivity index (χ2n) is 6.96. The topological polar surface area (TPSA) is 154 Å². The lowest BCUT2D eigenvalue weighted by atomic mass is 10.2. The number of H-pyrrole nitrogens is 1. The van der Waals surface area contributed by atoms with E-state index in [4.69, 9.17) is 9.47 Å². The molecule has 0 aliphatic heterocycles. The summed E-state index contributed by atoms with van der Waals surface area (Å²) in [5, 5.41) is 14.1. The van der Waals surface area contributed by atoms with E-state index in [1.807, 2.05) is 0 Å². The third kappa shape index (κ3) is 6.35. The highest BCUT2D eigenvalue weighted by molar-refractivity contribution is 5.95. The third-order valence-electron chi connectivity index (χ3n) is 4.57. The van der Waals surface area contributed by atoms with Crippen LogP contribution in [0.1, 0.15) is 25.6 Å². The number of aryl methyl sites for hydroxylation is 1. The van der Waals surface area contributed by atoms with Crippen molar-refractivity contribution >= 4 is 34.2 Å². The number of benzene rings is 2. The smallest absolute Gasteiger partial charge is 0.306 e. The van der Waals surface area contributed by atoms with Crippen LogP contribution in [0.3, 0.4) is 0 Å². The monoisotopic (exact) mass is 454 g/mol. The zero-order chi connectivity index (χ0) is 23.8. The molecule has 0 unspecified atom stereocenters. The maximum Gasteiger partial charge on any atom is 0.306 e. The number of nitrogens with zero attached hydrogens (tertiary/aromatic N) is 2. The lowest BCUT2D eigenvalue weighted by Crippen LogP contribution is -2.21. The quantitative estimate of drug-likeness (QED) is 0.269. The summed E-state index contributed by atoms with van der Waals surface area (Å²) < 4.78 is 10.2. The lowest BCUT2D eigenvalue weighted by Gasteiger charge is -2.09. The van der Waals surface area contributed by atoms with E-state index in [0.717, 1.165) is 0 Å². The van der Waals surface area contributed by atoms with E-state index in [0.29, 0.717) is 41.9 Å². The molecule has 3 aromatic rings. The van der Waals surface area contributed by atoms with Crippen molar-refractivity contribution < 1.29 is 24.0 Å². The van der Waals surface area contributed by atoms with Gasteiger partial charge >= 0.3 is 5.97 Å². The summed E-state index contributed by atoms with van der Waals surface area (Å²) in [7, 11) is 0. The van der Waals surface area contributed by atoms with E-state index in [-0.39, 0.29) is 23.4 Å². The molecule has 0 saturated heterocycles. The van der Waals surface area contributed by atoms with E-state index in [2.05, 4.69) is 15.3 Å². The molecule has 33 heavy (non-hydrogen) atoms. The number of para-hydroxylation sites is 1. The Balaban J connectivity index is 1.48. The van der Waals surface area contributed by atoms with Gasteiger partial charge in [0.05, 0.1) is 28.5 Å². The maximum absolute atomic E-state index is 12.1. The minimum Gasteiger partial charge on any atom is -0.494 e. The highest BCUT2D eigenvalue weighted by atomic mass is 16.6. The number of aromatic amines is 1. The van der Waals surface area contributed by atoms with E-state index in [1.165, 1.54) is 18.2 Å². The molecular weight excluding hydrogens is 432 g/mol. The number of nitro benzene ring substituents is 1. The lowest BCUT2D eigenvalue weighted by molar-refractivity contribution is -0.384. The Morgan fingerprint density at radius 2 is 2.00 bits per heavy atom. The van der Waals surface area contributed by atoms with Crippen LogP contribution in [0.2, 0.25) is 0 Å². The van der Waals surface area contributed by atoms with Gasteiger partial charge < -0.3 is 19.8 Å². The Kier molecular flexibility index (Phi) is 7.68. The molecule has 1 amide bonds. The first-order valence-electron chi connectivity index (χ1n) is 10.2. The number of rotatable bonds is 10. The summed E-state index contributed by atoms with van der Waals surface area (Å²) in [5.41, 5.74) is -0.0505. The number of esters is 1. The molecule has 0 aliphatic carbocycles. The minimum absolute atomic E-state index is 0.00696. The van der Waals surface area contributed by atoms with Crippen LogP contribution in [0.4, 0.5) is 11.4 Å². The van der Waals surface area contributed by atoms with Crippen LogP contribution in [0, 0.1) is 10.1 Å². The number of anilines is 1. The highest BCUT2D eigenvalue weighted by Crippen LogP contribution is 2.29. The number of hydrogen-bond donors (Lipinski definition) is 2. The summed E-state index contributed by atoms with van der Waals surface area (Å²) >= 11 is 0. The Hall–Kier alpha value is -4.28. The molecule has 0 saturated carbocycles. The zero-order valence-electron chi connectivity index (χ0n) is 17.8. The number of nitro groups is 1. The molecule has 0 bridgehead atoms. The van der Waals surface area contributed by atoms with E-state index >= 15 is 0 Å². The van der Waals surface area contributed by atoms with Gasteiger partial charge in [0.2, 0.25) is 0 Å².